The van der Waals surface area contributed by atoms with Crippen molar-refractivity contribution in [3.63, 3.8) is 0 Å². The summed E-state index contributed by atoms with van der Waals surface area (Å²) in [5, 5.41) is 3.36. The summed E-state index contributed by atoms with van der Waals surface area (Å²) in [4.78, 5) is 40.5. The maximum absolute atomic E-state index is 13.5. The van der Waals surface area contributed by atoms with Gasteiger partial charge < -0.3 is 30.2 Å². The molecule has 0 fully saturated rings. The van der Waals surface area contributed by atoms with E-state index in [1.807, 2.05) is 62.1 Å². The maximum atomic E-state index is 13.5. The predicted molar refractivity (Wildman–Crippen MR) is 171 cm³/mol. The van der Waals surface area contributed by atoms with Crippen molar-refractivity contribution in [3.05, 3.63) is 100 Å². The fraction of sp³-hybridized carbons (Fsp3) is 0.400. The molecule has 0 heterocycles. The number of nitrogens with one attached hydrogen (secondary N) is 1. The van der Waals surface area contributed by atoms with Gasteiger partial charge in [0.05, 0.1) is 25.3 Å². The lowest BCUT2D eigenvalue weighted by Gasteiger charge is -2.25. The van der Waals surface area contributed by atoms with E-state index in [1.165, 1.54) is 7.11 Å². The zero-order chi connectivity index (χ0) is 32.1. The number of ether oxygens (including phenoxy) is 3. The number of esters is 2. The normalized spacial score (nSPS) is 12.2. The van der Waals surface area contributed by atoms with E-state index in [0.717, 1.165) is 35.3 Å². The van der Waals surface area contributed by atoms with E-state index in [0.29, 0.717) is 49.3 Å². The topological polar surface area (TPSA) is 120 Å². The first-order valence-corrected chi connectivity index (χ1v) is 15.1. The summed E-state index contributed by atoms with van der Waals surface area (Å²) in [6.07, 6.45) is 1.41. The van der Waals surface area contributed by atoms with Crippen molar-refractivity contribution in [3.8, 4) is 5.75 Å². The Kier molecular flexibility index (Phi) is 13.4. The number of benzene rings is 3. The lowest BCUT2D eigenvalue weighted by atomic mass is 10.00. The number of hydrogen-bond acceptors (Lipinski definition) is 8. The van der Waals surface area contributed by atoms with Crippen LogP contribution in [-0.4, -0.2) is 68.7 Å². The summed E-state index contributed by atoms with van der Waals surface area (Å²) in [5.41, 5.74) is 10.5. The number of methoxy groups -OCH3 is 2. The van der Waals surface area contributed by atoms with Gasteiger partial charge in [-0.2, -0.15) is 0 Å². The zero-order valence-electron chi connectivity index (χ0n) is 26.4. The summed E-state index contributed by atoms with van der Waals surface area (Å²) in [7, 11) is 2.96. The number of amides is 1. The van der Waals surface area contributed by atoms with Crippen molar-refractivity contribution >= 4 is 17.8 Å². The SMILES string of the molecule is CCCN(CCC)C(=O)c1cc(C)cc(C(=O)O[C@H](CNCc2cccc(OC)c2)[C@@H](N)Cc2ccc(C(=O)OC)cc2)c1. The molecule has 44 heavy (non-hydrogen) atoms. The van der Waals surface area contributed by atoms with Crippen LogP contribution in [0.5, 0.6) is 5.75 Å². The van der Waals surface area contributed by atoms with Crippen molar-refractivity contribution in [2.45, 2.75) is 58.7 Å². The van der Waals surface area contributed by atoms with Crippen LogP contribution in [0.3, 0.4) is 0 Å². The van der Waals surface area contributed by atoms with Crippen molar-refractivity contribution < 1.29 is 28.6 Å². The van der Waals surface area contributed by atoms with Crippen LogP contribution in [-0.2, 0) is 22.4 Å². The molecule has 2 atom stereocenters. The second-order valence-electron chi connectivity index (χ2n) is 10.9. The van der Waals surface area contributed by atoms with Crippen LogP contribution < -0.4 is 15.8 Å². The molecule has 0 bridgehead atoms. The maximum Gasteiger partial charge on any atom is 0.338 e. The van der Waals surface area contributed by atoms with Crippen LogP contribution in [0.2, 0.25) is 0 Å². The standard InChI is InChI=1S/C35H45N3O6/c1-6-15-38(16-7-2)33(39)28-17-24(3)18-29(21-28)35(41)44-32(23-37-22-26-9-8-10-30(19-26)42-4)31(36)20-25-11-13-27(14-12-25)34(40)43-5/h8-14,17-19,21,31-32,37H,6-7,15-16,20,22-23,36H2,1-5H3/t31-,32+/m0/s1. The van der Waals surface area contributed by atoms with Crippen molar-refractivity contribution in [1.29, 1.82) is 0 Å². The second-order valence-corrected chi connectivity index (χ2v) is 10.9. The summed E-state index contributed by atoms with van der Waals surface area (Å²) in [6, 6.07) is 19.3. The van der Waals surface area contributed by atoms with Crippen LogP contribution >= 0.6 is 0 Å². The first-order valence-electron chi connectivity index (χ1n) is 15.1. The minimum Gasteiger partial charge on any atom is -0.497 e. The highest BCUT2D eigenvalue weighted by Gasteiger charge is 2.25. The molecule has 236 valence electrons. The van der Waals surface area contributed by atoms with Gasteiger partial charge in [0.1, 0.15) is 11.9 Å². The van der Waals surface area contributed by atoms with Crippen LogP contribution in [0.15, 0.2) is 66.7 Å². The number of nitrogens with zero attached hydrogens (tertiary/aromatic N) is 1. The molecule has 9 nitrogen and oxygen atoms in total. The van der Waals surface area contributed by atoms with Gasteiger partial charge in [-0.15, -0.1) is 0 Å². The second kappa shape index (κ2) is 17.2. The van der Waals surface area contributed by atoms with E-state index in [2.05, 4.69) is 5.32 Å². The van der Waals surface area contributed by atoms with Gasteiger partial charge >= 0.3 is 11.9 Å². The first-order chi connectivity index (χ1) is 21.2. The Labute approximate surface area is 260 Å². The first kappa shape index (κ1) is 34.3. The molecule has 3 aromatic rings. The summed E-state index contributed by atoms with van der Waals surface area (Å²) in [5.74, 6) is -0.321. The molecule has 0 aromatic heterocycles. The van der Waals surface area contributed by atoms with Crippen molar-refractivity contribution in [2.75, 3.05) is 33.9 Å². The highest BCUT2D eigenvalue weighted by molar-refractivity contribution is 5.98. The lowest BCUT2D eigenvalue weighted by Crippen LogP contribution is -2.46. The third kappa shape index (κ3) is 9.92. The third-order valence-corrected chi connectivity index (χ3v) is 7.23. The minimum atomic E-state index is -0.690. The molecule has 1 amide bonds. The minimum absolute atomic E-state index is 0.102. The molecule has 0 saturated heterocycles. The third-order valence-electron chi connectivity index (χ3n) is 7.23. The molecule has 0 aliphatic rings. The highest BCUT2D eigenvalue weighted by atomic mass is 16.5. The van der Waals surface area contributed by atoms with Gasteiger partial charge in [0.2, 0.25) is 0 Å². The molecule has 0 saturated carbocycles. The number of hydrogen-bond donors (Lipinski definition) is 2. The molecule has 0 radical (unpaired) electrons. The fourth-order valence-electron chi connectivity index (χ4n) is 4.99. The Morgan fingerprint density at radius 3 is 2.16 bits per heavy atom. The van der Waals surface area contributed by atoms with Gasteiger partial charge in [0.15, 0.2) is 0 Å². The van der Waals surface area contributed by atoms with Crippen molar-refractivity contribution in [1.82, 2.24) is 10.2 Å². The van der Waals surface area contributed by atoms with Gasteiger partial charge in [-0.25, -0.2) is 9.59 Å². The van der Waals surface area contributed by atoms with E-state index in [-0.39, 0.29) is 5.91 Å². The number of carbonyl (C=O) groups excluding carboxylic acids is 3. The average molecular weight is 604 g/mol. The van der Waals surface area contributed by atoms with E-state index < -0.39 is 24.1 Å². The number of nitrogens with two attached hydrogens (primary N) is 1. The smallest absolute Gasteiger partial charge is 0.338 e. The Bertz CT molecular complexity index is 1390. The molecule has 3 N–H and O–H groups in total. The van der Waals surface area contributed by atoms with Gasteiger partial charge in [-0.05, 0) is 85.3 Å². The van der Waals surface area contributed by atoms with E-state index >= 15 is 0 Å². The van der Waals surface area contributed by atoms with Crippen LogP contribution in [0.1, 0.15) is 74.5 Å². The molecular formula is C35H45N3O6. The van der Waals surface area contributed by atoms with Crippen LogP contribution in [0.25, 0.3) is 0 Å². The molecule has 0 aliphatic carbocycles. The molecule has 0 unspecified atom stereocenters. The Morgan fingerprint density at radius 2 is 1.52 bits per heavy atom. The van der Waals surface area contributed by atoms with Crippen molar-refractivity contribution in [2.24, 2.45) is 5.73 Å². The number of rotatable bonds is 16. The molecule has 9 heteroatoms. The van der Waals surface area contributed by atoms with E-state index in [9.17, 15) is 14.4 Å². The predicted octanol–water partition coefficient (Wildman–Crippen LogP) is 4.94. The van der Waals surface area contributed by atoms with Gasteiger partial charge in [0.25, 0.3) is 5.91 Å². The van der Waals surface area contributed by atoms with Crippen LogP contribution in [0.4, 0.5) is 0 Å². The molecule has 3 rings (SSSR count). The summed E-state index contributed by atoms with van der Waals surface area (Å²) in [6.45, 7) is 8.03. The molecule has 0 spiro atoms. The van der Waals surface area contributed by atoms with Gasteiger partial charge in [-0.3, -0.25) is 4.79 Å². The van der Waals surface area contributed by atoms with Gasteiger partial charge in [-0.1, -0.05) is 38.1 Å². The van der Waals surface area contributed by atoms with Crippen LogP contribution in [0, 0.1) is 6.92 Å². The Balaban J connectivity index is 1.80. The fourth-order valence-corrected chi connectivity index (χ4v) is 4.99. The summed E-state index contributed by atoms with van der Waals surface area (Å²) >= 11 is 0. The van der Waals surface area contributed by atoms with E-state index in [1.54, 1.807) is 37.4 Å². The highest BCUT2D eigenvalue weighted by Crippen LogP contribution is 2.17. The zero-order valence-corrected chi connectivity index (χ0v) is 26.4. The molecular weight excluding hydrogens is 558 g/mol. The summed E-state index contributed by atoms with van der Waals surface area (Å²) < 4.78 is 16.1. The average Bonchev–Trinajstić information content (AvgIpc) is 3.03. The Morgan fingerprint density at radius 1 is 0.841 bits per heavy atom. The number of carbonyl (C=O) groups is 3. The molecule has 0 aliphatic heterocycles. The number of aryl methyl sites for hydroxylation is 1. The lowest BCUT2D eigenvalue weighted by molar-refractivity contribution is 0.0238. The molecule has 3 aromatic carbocycles. The quantitative estimate of drug-likeness (QED) is 0.221. The monoisotopic (exact) mass is 603 g/mol. The largest absolute Gasteiger partial charge is 0.497 e. The van der Waals surface area contributed by atoms with Gasteiger partial charge in [0, 0.05) is 37.8 Å². The Hall–Kier alpha value is -4.21. The van der Waals surface area contributed by atoms with E-state index in [4.69, 9.17) is 19.9 Å².